The number of hydrogen-bond donors (Lipinski definition) is 1. The summed E-state index contributed by atoms with van der Waals surface area (Å²) < 4.78 is 0. The number of likely N-dealkylation sites (tertiary alicyclic amines) is 1. The molecule has 1 N–H and O–H groups in total. The van der Waals surface area contributed by atoms with E-state index in [1.165, 1.54) is 25.7 Å². The van der Waals surface area contributed by atoms with Crippen LogP contribution in [0, 0.1) is 5.41 Å². The minimum Gasteiger partial charge on any atom is -0.339 e. The lowest BCUT2D eigenvalue weighted by Gasteiger charge is -2.47. The van der Waals surface area contributed by atoms with Gasteiger partial charge in [0.15, 0.2) is 0 Å². The summed E-state index contributed by atoms with van der Waals surface area (Å²) >= 11 is 0. The number of carbonyl (C=O) groups excluding carboxylic acids is 1. The zero-order valence-corrected chi connectivity index (χ0v) is 15.3. The average Bonchev–Trinajstić information content (AvgIpc) is 3.10. The van der Waals surface area contributed by atoms with Crippen molar-refractivity contribution < 1.29 is 4.79 Å². The van der Waals surface area contributed by atoms with Gasteiger partial charge in [-0.1, -0.05) is 0 Å². The van der Waals surface area contributed by atoms with Gasteiger partial charge in [0.25, 0.3) is 5.91 Å². The third-order valence-corrected chi connectivity index (χ3v) is 6.54. The first-order valence-electron chi connectivity index (χ1n) is 9.45. The monoisotopic (exact) mass is 340 g/mol. The minimum absolute atomic E-state index is 0.167. The molecule has 1 amide bonds. The predicted molar refractivity (Wildman–Crippen MR) is 99.6 cm³/mol. The molecule has 4 rings (SSSR count). The molecule has 1 spiro atoms. The maximum Gasteiger partial charge on any atom is 0.253 e. The standard InChI is InChI=1S/C20H28N4O/c1-23(2)17-5-7-20(8-6-17)9-11-24(12-10-20)19(25)15-3-4-18-16(13-15)14-21-22-18/h3-4,13-14,17H,5-12H2,1-2H3,(H,21,22). The molecule has 1 aromatic carbocycles. The van der Waals surface area contributed by atoms with Crippen LogP contribution >= 0.6 is 0 Å². The van der Waals surface area contributed by atoms with Gasteiger partial charge >= 0.3 is 0 Å². The highest BCUT2D eigenvalue weighted by molar-refractivity contribution is 5.97. The summed E-state index contributed by atoms with van der Waals surface area (Å²) in [6.07, 6.45) is 9.34. The smallest absolute Gasteiger partial charge is 0.253 e. The van der Waals surface area contributed by atoms with Crippen molar-refractivity contribution in [2.24, 2.45) is 5.41 Å². The van der Waals surface area contributed by atoms with Crippen molar-refractivity contribution in [3.63, 3.8) is 0 Å². The molecule has 1 saturated carbocycles. The van der Waals surface area contributed by atoms with Crippen molar-refractivity contribution in [2.75, 3.05) is 27.2 Å². The fourth-order valence-electron chi connectivity index (χ4n) is 4.67. The molecule has 25 heavy (non-hydrogen) atoms. The van der Waals surface area contributed by atoms with Gasteiger partial charge in [-0.2, -0.15) is 5.10 Å². The van der Waals surface area contributed by atoms with E-state index in [-0.39, 0.29) is 5.91 Å². The first-order valence-corrected chi connectivity index (χ1v) is 9.45. The number of carbonyl (C=O) groups is 1. The molecule has 1 aromatic heterocycles. The Morgan fingerprint density at radius 3 is 2.60 bits per heavy atom. The molecule has 2 fully saturated rings. The van der Waals surface area contributed by atoms with E-state index in [2.05, 4.69) is 29.2 Å². The van der Waals surface area contributed by atoms with Crippen LogP contribution in [-0.4, -0.2) is 59.1 Å². The molecule has 0 atom stereocenters. The maximum absolute atomic E-state index is 12.9. The molecule has 0 radical (unpaired) electrons. The molecule has 5 nitrogen and oxygen atoms in total. The molecule has 1 aliphatic carbocycles. The summed E-state index contributed by atoms with van der Waals surface area (Å²) in [4.78, 5) is 17.3. The number of piperidine rings is 1. The van der Waals surface area contributed by atoms with Crippen LogP contribution in [0.3, 0.4) is 0 Å². The second-order valence-electron chi connectivity index (χ2n) is 8.16. The number of hydrogen-bond acceptors (Lipinski definition) is 3. The number of amides is 1. The van der Waals surface area contributed by atoms with E-state index in [1.807, 2.05) is 23.1 Å². The Morgan fingerprint density at radius 1 is 1.20 bits per heavy atom. The third kappa shape index (κ3) is 3.17. The molecule has 134 valence electrons. The zero-order valence-electron chi connectivity index (χ0n) is 15.3. The van der Waals surface area contributed by atoms with E-state index >= 15 is 0 Å². The number of fused-ring (bicyclic) bond motifs is 1. The summed E-state index contributed by atoms with van der Waals surface area (Å²) in [6, 6.07) is 6.55. The van der Waals surface area contributed by atoms with Crippen LogP contribution in [0.5, 0.6) is 0 Å². The van der Waals surface area contributed by atoms with E-state index in [0.29, 0.717) is 5.41 Å². The molecule has 2 aliphatic rings. The Morgan fingerprint density at radius 2 is 1.92 bits per heavy atom. The van der Waals surface area contributed by atoms with Gasteiger partial charge in [-0.3, -0.25) is 9.89 Å². The summed E-state index contributed by atoms with van der Waals surface area (Å²) in [5.74, 6) is 0.167. The van der Waals surface area contributed by atoms with E-state index in [1.54, 1.807) is 6.20 Å². The number of benzene rings is 1. The lowest BCUT2D eigenvalue weighted by Crippen LogP contribution is -2.46. The first-order chi connectivity index (χ1) is 12.1. The topological polar surface area (TPSA) is 52.2 Å². The van der Waals surface area contributed by atoms with Crippen molar-refractivity contribution in [3.05, 3.63) is 30.0 Å². The van der Waals surface area contributed by atoms with Gasteiger partial charge in [-0.15, -0.1) is 0 Å². The van der Waals surface area contributed by atoms with E-state index < -0.39 is 0 Å². The molecule has 0 unspecified atom stereocenters. The predicted octanol–water partition coefficient (Wildman–Crippen LogP) is 3.29. The van der Waals surface area contributed by atoms with Crippen LogP contribution in [0.15, 0.2) is 24.4 Å². The number of aromatic nitrogens is 2. The second-order valence-corrected chi connectivity index (χ2v) is 8.16. The van der Waals surface area contributed by atoms with E-state index in [4.69, 9.17) is 0 Å². The fourth-order valence-corrected chi connectivity index (χ4v) is 4.67. The van der Waals surface area contributed by atoms with Crippen molar-refractivity contribution in [1.29, 1.82) is 0 Å². The SMILES string of the molecule is CN(C)C1CCC2(CC1)CCN(C(=O)c1ccc3[nH]ncc3c1)CC2. The average molecular weight is 340 g/mol. The fraction of sp³-hybridized carbons (Fsp3) is 0.600. The molecule has 2 aromatic rings. The Kier molecular flexibility index (Phi) is 4.28. The maximum atomic E-state index is 12.9. The normalized spacial score (nSPS) is 21.3. The van der Waals surface area contributed by atoms with Crippen LogP contribution in [0.1, 0.15) is 48.9 Å². The van der Waals surface area contributed by atoms with Gasteiger partial charge < -0.3 is 9.80 Å². The summed E-state index contributed by atoms with van der Waals surface area (Å²) in [5, 5.41) is 7.97. The number of nitrogens with one attached hydrogen (secondary N) is 1. The van der Waals surface area contributed by atoms with Crippen molar-refractivity contribution in [2.45, 2.75) is 44.6 Å². The molecular weight excluding hydrogens is 312 g/mol. The van der Waals surface area contributed by atoms with Crippen molar-refractivity contribution >= 4 is 16.8 Å². The molecule has 1 aliphatic heterocycles. The molecule has 1 saturated heterocycles. The molecule has 5 heteroatoms. The van der Waals surface area contributed by atoms with Gasteiger partial charge in [0.05, 0.1) is 11.7 Å². The quantitative estimate of drug-likeness (QED) is 0.913. The van der Waals surface area contributed by atoms with Gasteiger partial charge in [0.2, 0.25) is 0 Å². The van der Waals surface area contributed by atoms with Crippen LogP contribution in [0.4, 0.5) is 0 Å². The zero-order chi connectivity index (χ0) is 17.4. The summed E-state index contributed by atoms with van der Waals surface area (Å²) in [6.45, 7) is 1.80. The summed E-state index contributed by atoms with van der Waals surface area (Å²) in [7, 11) is 4.39. The third-order valence-electron chi connectivity index (χ3n) is 6.54. The minimum atomic E-state index is 0.167. The number of aromatic amines is 1. The summed E-state index contributed by atoms with van der Waals surface area (Å²) in [5.41, 5.74) is 2.24. The highest BCUT2D eigenvalue weighted by Gasteiger charge is 2.39. The van der Waals surface area contributed by atoms with E-state index in [9.17, 15) is 4.79 Å². The van der Waals surface area contributed by atoms with Crippen LogP contribution < -0.4 is 0 Å². The largest absolute Gasteiger partial charge is 0.339 e. The lowest BCUT2D eigenvalue weighted by atomic mass is 9.67. The Bertz CT molecular complexity index is 748. The first kappa shape index (κ1) is 16.6. The van der Waals surface area contributed by atoms with Crippen molar-refractivity contribution in [1.82, 2.24) is 20.0 Å². The lowest BCUT2D eigenvalue weighted by molar-refractivity contribution is 0.0356. The van der Waals surface area contributed by atoms with Gasteiger partial charge in [0.1, 0.15) is 0 Å². The second kappa shape index (κ2) is 6.45. The van der Waals surface area contributed by atoms with Crippen LogP contribution in [-0.2, 0) is 0 Å². The van der Waals surface area contributed by atoms with Gasteiger partial charge in [0, 0.05) is 30.1 Å². The Labute approximate surface area is 149 Å². The van der Waals surface area contributed by atoms with E-state index in [0.717, 1.165) is 48.4 Å². The van der Waals surface area contributed by atoms with Gasteiger partial charge in [-0.25, -0.2) is 0 Å². The number of H-pyrrole nitrogens is 1. The number of rotatable bonds is 2. The molecule has 2 heterocycles. The van der Waals surface area contributed by atoms with Crippen molar-refractivity contribution in [3.8, 4) is 0 Å². The van der Waals surface area contributed by atoms with Crippen LogP contribution in [0.25, 0.3) is 10.9 Å². The Hall–Kier alpha value is -1.88. The molecular formula is C20H28N4O. The number of nitrogens with zero attached hydrogens (tertiary/aromatic N) is 3. The van der Waals surface area contributed by atoms with Gasteiger partial charge in [-0.05, 0) is 76.2 Å². The highest BCUT2D eigenvalue weighted by atomic mass is 16.2. The highest BCUT2D eigenvalue weighted by Crippen LogP contribution is 2.45. The van der Waals surface area contributed by atoms with Crippen LogP contribution in [0.2, 0.25) is 0 Å². The molecule has 0 bridgehead atoms. The Balaban J connectivity index is 1.39.